The summed E-state index contributed by atoms with van der Waals surface area (Å²) in [5.41, 5.74) is 8.06. The minimum absolute atomic E-state index is 0.327. The van der Waals surface area contributed by atoms with Crippen molar-refractivity contribution in [1.82, 2.24) is 0 Å². The van der Waals surface area contributed by atoms with Crippen LogP contribution in [0.3, 0.4) is 0 Å². The van der Waals surface area contributed by atoms with Crippen LogP contribution in [0.1, 0.15) is 35.4 Å². The smallest absolute Gasteiger partial charge is 0.324 e. The van der Waals surface area contributed by atoms with Crippen LogP contribution in [-0.4, -0.2) is 28.4 Å². The summed E-state index contributed by atoms with van der Waals surface area (Å²) in [6.07, 6.45) is 2.53. The van der Waals surface area contributed by atoms with Gasteiger partial charge in [-0.3, -0.25) is 4.79 Å². The van der Waals surface area contributed by atoms with Crippen LogP contribution in [0.4, 0.5) is 0 Å². The van der Waals surface area contributed by atoms with Crippen molar-refractivity contribution in [3.8, 4) is 0 Å². The summed E-state index contributed by atoms with van der Waals surface area (Å²) in [5, 5.41) is 9.23. The maximum Gasteiger partial charge on any atom is 0.324 e. The minimum Gasteiger partial charge on any atom is -0.480 e. The standard InChI is InChI=1S/C15H19Cl2NO2/c16-5-3-10(4-6-17)11-1-2-12-8-15(18,14(19)20)9-13(12)7-11/h1-2,7,10H,3-6,8-9,18H2,(H,19,20). The summed E-state index contributed by atoms with van der Waals surface area (Å²) in [6.45, 7) is 0. The van der Waals surface area contributed by atoms with Crippen molar-refractivity contribution in [1.29, 1.82) is 0 Å². The molecule has 0 fully saturated rings. The molecular formula is C15H19Cl2NO2. The van der Waals surface area contributed by atoms with Crippen molar-refractivity contribution < 1.29 is 9.90 Å². The zero-order chi connectivity index (χ0) is 14.8. The number of rotatable bonds is 6. The fourth-order valence-corrected chi connectivity index (χ4v) is 3.40. The van der Waals surface area contributed by atoms with Crippen LogP contribution in [0.25, 0.3) is 0 Å². The molecule has 0 aliphatic heterocycles. The van der Waals surface area contributed by atoms with Gasteiger partial charge in [0.05, 0.1) is 0 Å². The van der Waals surface area contributed by atoms with E-state index in [-0.39, 0.29) is 0 Å². The monoisotopic (exact) mass is 315 g/mol. The lowest BCUT2D eigenvalue weighted by molar-refractivity contribution is -0.142. The van der Waals surface area contributed by atoms with Crippen molar-refractivity contribution >= 4 is 29.2 Å². The molecule has 1 aromatic rings. The summed E-state index contributed by atoms with van der Waals surface area (Å²) in [7, 11) is 0. The van der Waals surface area contributed by atoms with Crippen LogP contribution >= 0.6 is 23.2 Å². The lowest BCUT2D eigenvalue weighted by atomic mass is 9.91. The maximum absolute atomic E-state index is 11.3. The van der Waals surface area contributed by atoms with E-state index in [1.54, 1.807) is 0 Å². The Bertz CT molecular complexity index is 501. The Morgan fingerprint density at radius 3 is 2.40 bits per heavy atom. The number of hydrogen-bond donors (Lipinski definition) is 2. The fraction of sp³-hybridized carbons (Fsp3) is 0.533. The zero-order valence-corrected chi connectivity index (χ0v) is 12.8. The number of halogens is 2. The van der Waals surface area contributed by atoms with Crippen molar-refractivity contribution in [2.75, 3.05) is 11.8 Å². The molecule has 0 amide bonds. The number of nitrogens with two attached hydrogens (primary N) is 1. The number of carbonyl (C=O) groups is 1. The van der Waals surface area contributed by atoms with Gasteiger partial charge < -0.3 is 10.8 Å². The first kappa shape index (κ1) is 15.6. The van der Waals surface area contributed by atoms with E-state index in [2.05, 4.69) is 12.1 Å². The van der Waals surface area contributed by atoms with E-state index in [1.807, 2.05) is 6.07 Å². The second kappa shape index (κ2) is 6.33. The molecule has 0 saturated heterocycles. The lowest BCUT2D eigenvalue weighted by Gasteiger charge is -2.17. The van der Waals surface area contributed by atoms with Gasteiger partial charge in [0, 0.05) is 24.6 Å². The quantitative estimate of drug-likeness (QED) is 0.793. The minimum atomic E-state index is -1.16. The molecule has 1 unspecified atom stereocenters. The highest BCUT2D eigenvalue weighted by atomic mass is 35.5. The molecule has 0 bridgehead atoms. The highest BCUT2D eigenvalue weighted by Crippen LogP contribution is 2.33. The van der Waals surface area contributed by atoms with Gasteiger partial charge in [0.25, 0.3) is 0 Å². The Labute approximate surface area is 129 Å². The fourth-order valence-electron chi connectivity index (χ4n) is 2.87. The third kappa shape index (κ3) is 3.11. The molecule has 0 radical (unpaired) electrons. The van der Waals surface area contributed by atoms with Gasteiger partial charge in [-0.15, -0.1) is 23.2 Å². The third-order valence-electron chi connectivity index (χ3n) is 4.05. The summed E-state index contributed by atoms with van der Waals surface area (Å²) in [6, 6.07) is 6.13. The van der Waals surface area contributed by atoms with Crippen molar-refractivity contribution in [2.24, 2.45) is 5.73 Å². The summed E-state index contributed by atoms with van der Waals surface area (Å²) >= 11 is 11.7. The number of carboxylic acid groups (broad SMARTS) is 1. The van der Waals surface area contributed by atoms with Gasteiger partial charge in [-0.1, -0.05) is 18.2 Å². The Morgan fingerprint density at radius 2 is 1.85 bits per heavy atom. The zero-order valence-electron chi connectivity index (χ0n) is 11.2. The Hall–Kier alpha value is -0.770. The van der Waals surface area contributed by atoms with E-state index < -0.39 is 11.5 Å². The molecule has 0 spiro atoms. The average molecular weight is 316 g/mol. The second-order valence-electron chi connectivity index (χ2n) is 5.50. The Morgan fingerprint density at radius 1 is 1.25 bits per heavy atom. The van der Waals surface area contributed by atoms with Crippen LogP contribution in [0.2, 0.25) is 0 Å². The molecule has 0 saturated carbocycles. The molecule has 3 nitrogen and oxygen atoms in total. The van der Waals surface area contributed by atoms with Crippen LogP contribution < -0.4 is 5.73 Å². The maximum atomic E-state index is 11.3. The molecule has 1 aliphatic carbocycles. The first-order valence-corrected chi connectivity index (χ1v) is 7.83. The predicted molar refractivity (Wildman–Crippen MR) is 81.8 cm³/mol. The van der Waals surface area contributed by atoms with Crippen LogP contribution in [0.5, 0.6) is 0 Å². The van der Waals surface area contributed by atoms with E-state index in [9.17, 15) is 9.90 Å². The number of hydrogen-bond acceptors (Lipinski definition) is 2. The molecule has 110 valence electrons. The number of aliphatic carboxylic acids is 1. The lowest BCUT2D eigenvalue weighted by Crippen LogP contribution is -2.48. The molecule has 3 N–H and O–H groups in total. The van der Waals surface area contributed by atoms with Crippen molar-refractivity contribution in [2.45, 2.75) is 37.1 Å². The SMILES string of the molecule is NC1(C(=O)O)Cc2ccc(C(CCCl)CCCl)cc2C1. The third-order valence-corrected chi connectivity index (χ3v) is 4.49. The molecule has 1 aromatic carbocycles. The first-order chi connectivity index (χ1) is 9.50. The highest BCUT2D eigenvalue weighted by Gasteiger charge is 2.40. The van der Waals surface area contributed by atoms with Crippen molar-refractivity contribution in [3.63, 3.8) is 0 Å². The molecule has 5 heteroatoms. The van der Waals surface area contributed by atoms with Gasteiger partial charge in [-0.25, -0.2) is 0 Å². The summed E-state index contributed by atoms with van der Waals surface area (Å²) in [5.74, 6) is 0.574. The van der Waals surface area contributed by atoms with Gasteiger partial charge in [-0.2, -0.15) is 0 Å². The Kier molecular flexibility index (Phi) is 4.95. The number of alkyl halides is 2. The highest BCUT2D eigenvalue weighted by molar-refractivity contribution is 6.18. The summed E-state index contributed by atoms with van der Waals surface area (Å²) in [4.78, 5) is 11.3. The van der Waals surface area contributed by atoms with E-state index >= 15 is 0 Å². The average Bonchev–Trinajstić information content (AvgIpc) is 2.75. The van der Waals surface area contributed by atoms with E-state index in [1.165, 1.54) is 5.56 Å². The number of fused-ring (bicyclic) bond motifs is 1. The molecule has 1 aliphatic rings. The Balaban J connectivity index is 2.24. The molecule has 1 atom stereocenters. The second-order valence-corrected chi connectivity index (χ2v) is 6.25. The number of benzene rings is 1. The van der Waals surface area contributed by atoms with E-state index in [0.717, 1.165) is 24.0 Å². The molecule has 2 rings (SSSR count). The van der Waals surface area contributed by atoms with Gasteiger partial charge in [0.15, 0.2) is 0 Å². The van der Waals surface area contributed by atoms with Crippen LogP contribution in [0, 0.1) is 0 Å². The van der Waals surface area contributed by atoms with Crippen molar-refractivity contribution in [3.05, 3.63) is 34.9 Å². The molecule has 0 heterocycles. The van der Waals surface area contributed by atoms with E-state index in [4.69, 9.17) is 28.9 Å². The normalized spacial score (nSPS) is 21.2. The van der Waals surface area contributed by atoms with Gasteiger partial charge in [0.2, 0.25) is 0 Å². The first-order valence-electron chi connectivity index (χ1n) is 6.76. The van der Waals surface area contributed by atoms with Gasteiger partial charge in [0.1, 0.15) is 5.54 Å². The molecule has 0 aromatic heterocycles. The molecular weight excluding hydrogens is 297 g/mol. The molecule has 20 heavy (non-hydrogen) atoms. The summed E-state index contributed by atoms with van der Waals surface area (Å²) < 4.78 is 0. The van der Waals surface area contributed by atoms with Crippen LogP contribution in [0.15, 0.2) is 18.2 Å². The number of carboxylic acids is 1. The van der Waals surface area contributed by atoms with Gasteiger partial charge in [-0.05, 0) is 35.4 Å². The predicted octanol–water partition coefficient (Wildman–Crippen LogP) is 2.91. The topological polar surface area (TPSA) is 63.3 Å². The van der Waals surface area contributed by atoms with Gasteiger partial charge >= 0.3 is 5.97 Å². The van der Waals surface area contributed by atoms with Crippen LogP contribution in [-0.2, 0) is 17.6 Å². The largest absolute Gasteiger partial charge is 0.480 e. The van der Waals surface area contributed by atoms with E-state index in [0.29, 0.717) is 30.5 Å².